The summed E-state index contributed by atoms with van der Waals surface area (Å²) in [7, 11) is -1.98. The molecule has 1 N–H and O–H groups in total. The van der Waals surface area contributed by atoms with Crippen molar-refractivity contribution in [2.45, 2.75) is 43.3 Å². The van der Waals surface area contributed by atoms with Crippen LogP contribution in [-0.4, -0.2) is 74.1 Å². The average molecular weight is 397 g/mol. The van der Waals surface area contributed by atoms with Crippen LogP contribution >= 0.6 is 0 Å². The van der Waals surface area contributed by atoms with Crippen LogP contribution in [0.4, 0.5) is 0 Å². The van der Waals surface area contributed by atoms with E-state index in [1.54, 1.807) is 36.3 Å². The third-order valence-electron chi connectivity index (χ3n) is 5.62. The summed E-state index contributed by atoms with van der Waals surface area (Å²) in [6.45, 7) is 3.29. The van der Waals surface area contributed by atoms with Gasteiger partial charge in [-0.2, -0.15) is 4.31 Å². The lowest BCUT2D eigenvalue weighted by molar-refractivity contribution is -0.142. The molecule has 2 aliphatic rings. The number of nitrogens with zero attached hydrogens (tertiary/aromatic N) is 2. The lowest BCUT2D eigenvalue weighted by Gasteiger charge is -2.38. The van der Waals surface area contributed by atoms with E-state index >= 15 is 0 Å². The first-order valence-electron chi connectivity index (χ1n) is 9.39. The van der Waals surface area contributed by atoms with Crippen LogP contribution in [0.2, 0.25) is 0 Å². The summed E-state index contributed by atoms with van der Waals surface area (Å²) in [5.41, 5.74) is 1.01. The van der Waals surface area contributed by atoms with E-state index in [-0.39, 0.29) is 22.8 Å². The summed E-state index contributed by atoms with van der Waals surface area (Å²) in [4.78, 5) is 14.8. The highest BCUT2D eigenvalue weighted by atomic mass is 32.2. The molecule has 0 radical (unpaired) electrons. The van der Waals surface area contributed by atoms with Gasteiger partial charge in [0, 0.05) is 39.2 Å². The minimum atomic E-state index is -3.53. The van der Waals surface area contributed by atoms with E-state index < -0.39 is 16.1 Å². The fraction of sp³-hybridized carbons (Fsp3) is 0.632. The number of sulfonamides is 1. The van der Waals surface area contributed by atoms with Gasteiger partial charge < -0.3 is 14.7 Å². The zero-order valence-corrected chi connectivity index (χ0v) is 16.7. The molecular weight excluding hydrogens is 368 g/mol. The number of rotatable bonds is 4. The minimum absolute atomic E-state index is 0.0383. The number of amides is 1. The topological polar surface area (TPSA) is 87.2 Å². The second-order valence-electron chi connectivity index (χ2n) is 7.39. The van der Waals surface area contributed by atoms with Crippen molar-refractivity contribution in [3.63, 3.8) is 0 Å². The van der Waals surface area contributed by atoms with E-state index in [2.05, 4.69) is 0 Å². The van der Waals surface area contributed by atoms with E-state index in [1.807, 2.05) is 6.92 Å². The Bertz CT molecular complexity index is 757. The van der Waals surface area contributed by atoms with Crippen LogP contribution in [0.5, 0.6) is 0 Å². The maximum absolute atomic E-state index is 12.8. The Labute approximate surface area is 161 Å². The molecule has 1 saturated carbocycles. The molecule has 0 aromatic heterocycles. The molecule has 0 bridgehead atoms. The highest BCUT2D eigenvalue weighted by Gasteiger charge is 2.37. The van der Waals surface area contributed by atoms with Crippen LogP contribution < -0.4 is 0 Å². The van der Waals surface area contributed by atoms with Crippen LogP contribution in [0.15, 0.2) is 29.2 Å². The molecule has 1 aromatic carbocycles. The van der Waals surface area contributed by atoms with E-state index in [1.165, 1.54) is 4.31 Å². The Morgan fingerprint density at radius 1 is 1.11 bits per heavy atom. The number of aliphatic hydroxyl groups is 1. The molecule has 1 aliphatic carbocycles. The number of aliphatic hydroxyl groups excluding tert-OH is 1. The predicted molar refractivity (Wildman–Crippen MR) is 101 cm³/mol. The zero-order valence-electron chi connectivity index (χ0n) is 15.9. The molecule has 3 rings (SSSR count). The lowest BCUT2D eigenvalue weighted by Crippen LogP contribution is -2.53. The summed E-state index contributed by atoms with van der Waals surface area (Å²) < 4.78 is 32.3. The van der Waals surface area contributed by atoms with Crippen molar-refractivity contribution in [1.29, 1.82) is 0 Å². The van der Waals surface area contributed by atoms with Gasteiger partial charge in [-0.3, -0.25) is 4.79 Å². The van der Waals surface area contributed by atoms with Gasteiger partial charge in [-0.15, -0.1) is 0 Å². The molecule has 150 valence electrons. The van der Waals surface area contributed by atoms with Gasteiger partial charge in [-0.05, 0) is 38.3 Å². The number of aryl methyl sites for hydroxylation is 1. The molecule has 1 aliphatic heterocycles. The maximum atomic E-state index is 12.8. The van der Waals surface area contributed by atoms with E-state index in [0.717, 1.165) is 5.56 Å². The van der Waals surface area contributed by atoms with Gasteiger partial charge in [0.1, 0.15) is 0 Å². The molecular formula is C19H28N2O5S. The van der Waals surface area contributed by atoms with Crippen LogP contribution in [-0.2, 0) is 19.6 Å². The summed E-state index contributed by atoms with van der Waals surface area (Å²) in [5.74, 6) is -0.130. The van der Waals surface area contributed by atoms with Gasteiger partial charge >= 0.3 is 0 Å². The summed E-state index contributed by atoms with van der Waals surface area (Å²) in [6.07, 6.45) is 0.878. The van der Waals surface area contributed by atoms with Gasteiger partial charge in [-0.1, -0.05) is 17.7 Å². The first-order chi connectivity index (χ1) is 12.8. The van der Waals surface area contributed by atoms with Crippen molar-refractivity contribution in [3.8, 4) is 0 Å². The first-order valence-corrected chi connectivity index (χ1v) is 10.8. The number of hydrogen-bond donors (Lipinski definition) is 1. The Morgan fingerprint density at radius 3 is 2.33 bits per heavy atom. The molecule has 1 saturated heterocycles. The molecule has 7 nitrogen and oxygen atoms in total. The lowest BCUT2D eigenvalue weighted by atomic mass is 9.84. The van der Waals surface area contributed by atoms with Crippen molar-refractivity contribution >= 4 is 15.9 Å². The molecule has 0 spiro atoms. The van der Waals surface area contributed by atoms with Crippen LogP contribution in [0, 0.1) is 12.8 Å². The third-order valence-corrected chi connectivity index (χ3v) is 7.53. The summed E-state index contributed by atoms with van der Waals surface area (Å²) in [5, 5.41) is 9.91. The minimum Gasteiger partial charge on any atom is -0.390 e. The van der Waals surface area contributed by atoms with Crippen molar-refractivity contribution in [2.75, 3.05) is 33.3 Å². The molecule has 1 amide bonds. The number of benzene rings is 1. The molecule has 0 unspecified atom stereocenters. The van der Waals surface area contributed by atoms with Crippen molar-refractivity contribution in [3.05, 3.63) is 29.8 Å². The van der Waals surface area contributed by atoms with E-state index in [9.17, 15) is 18.3 Å². The quantitative estimate of drug-likeness (QED) is 0.821. The van der Waals surface area contributed by atoms with Gasteiger partial charge in [0.15, 0.2) is 0 Å². The Hall–Kier alpha value is -1.48. The van der Waals surface area contributed by atoms with Gasteiger partial charge in [-0.25, -0.2) is 8.42 Å². The molecule has 8 heteroatoms. The SMILES string of the molecule is CO[C@@H]1C[C@H](C(=O)N2CCN(S(=O)(=O)c3ccc(C)cc3)CC2)CC[C@@H]1O. The second kappa shape index (κ2) is 8.26. The maximum Gasteiger partial charge on any atom is 0.243 e. The van der Waals surface area contributed by atoms with Gasteiger partial charge in [0.25, 0.3) is 0 Å². The summed E-state index contributed by atoms with van der Waals surface area (Å²) >= 11 is 0. The third kappa shape index (κ3) is 4.34. The second-order valence-corrected chi connectivity index (χ2v) is 9.33. The van der Waals surface area contributed by atoms with E-state index in [0.29, 0.717) is 45.4 Å². The Morgan fingerprint density at radius 2 is 1.74 bits per heavy atom. The summed E-state index contributed by atoms with van der Waals surface area (Å²) in [6, 6.07) is 6.83. The highest BCUT2D eigenvalue weighted by Crippen LogP contribution is 2.29. The molecule has 27 heavy (non-hydrogen) atoms. The number of ether oxygens (including phenoxy) is 1. The fourth-order valence-corrected chi connectivity index (χ4v) is 5.28. The Kier molecular flexibility index (Phi) is 6.20. The molecule has 2 fully saturated rings. The highest BCUT2D eigenvalue weighted by molar-refractivity contribution is 7.89. The van der Waals surface area contributed by atoms with Crippen molar-refractivity contribution in [2.24, 2.45) is 5.92 Å². The molecule has 3 atom stereocenters. The van der Waals surface area contributed by atoms with Gasteiger partial charge in [0.05, 0.1) is 17.1 Å². The monoisotopic (exact) mass is 396 g/mol. The van der Waals surface area contributed by atoms with Crippen LogP contribution in [0.25, 0.3) is 0 Å². The number of hydrogen-bond acceptors (Lipinski definition) is 5. The molecule has 1 aromatic rings. The normalized spacial score (nSPS) is 27.5. The zero-order chi connectivity index (χ0) is 19.6. The van der Waals surface area contributed by atoms with E-state index in [4.69, 9.17) is 4.74 Å². The number of carbonyl (C=O) groups excluding carboxylic acids is 1. The fourth-order valence-electron chi connectivity index (χ4n) is 3.86. The Balaban J connectivity index is 1.60. The largest absolute Gasteiger partial charge is 0.390 e. The average Bonchev–Trinajstić information content (AvgIpc) is 2.68. The standard InChI is InChI=1S/C19H28N2O5S/c1-14-3-6-16(7-4-14)27(24,25)21-11-9-20(10-12-21)19(23)15-5-8-17(22)18(13-15)26-2/h3-4,6-7,15,17-18,22H,5,8-13H2,1-2H3/t15-,17+,18-/m1/s1. The number of methoxy groups -OCH3 is 1. The van der Waals surface area contributed by atoms with Crippen LogP contribution in [0.3, 0.4) is 0 Å². The van der Waals surface area contributed by atoms with Crippen molar-refractivity contribution in [1.82, 2.24) is 9.21 Å². The molecule has 1 heterocycles. The van der Waals surface area contributed by atoms with Crippen LogP contribution in [0.1, 0.15) is 24.8 Å². The van der Waals surface area contributed by atoms with Crippen molar-refractivity contribution < 1.29 is 23.1 Å². The van der Waals surface area contributed by atoms with Gasteiger partial charge in [0.2, 0.25) is 15.9 Å². The first kappa shape index (κ1) is 20.3. The predicted octanol–water partition coefficient (Wildman–Crippen LogP) is 1.00. The smallest absolute Gasteiger partial charge is 0.243 e. The number of piperazine rings is 1. The number of carbonyl (C=O) groups is 1.